The van der Waals surface area contributed by atoms with Crippen molar-refractivity contribution >= 4 is 34.7 Å². The summed E-state index contributed by atoms with van der Waals surface area (Å²) in [5.74, 6) is 0.296. The number of anilines is 1. The number of nitrogens with zero attached hydrogens (tertiary/aromatic N) is 2. The van der Waals surface area contributed by atoms with Crippen LogP contribution >= 0.6 is 22.9 Å². The van der Waals surface area contributed by atoms with Gasteiger partial charge in [0.15, 0.2) is 11.0 Å². The first kappa shape index (κ1) is 11.0. The second-order valence-corrected chi connectivity index (χ2v) is 4.47. The summed E-state index contributed by atoms with van der Waals surface area (Å²) < 4.78 is 0. The van der Waals surface area contributed by atoms with Crippen LogP contribution in [0.15, 0.2) is 29.6 Å². The predicted octanol–water partition coefficient (Wildman–Crippen LogP) is 2.37. The fourth-order valence-corrected chi connectivity index (χ4v) is 1.95. The SMILES string of the molecule is O=C(Cc1cccs1)Nc1ccc(Cl)nn1. The molecule has 0 spiro atoms. The van der Waals surface area contributed by atoms with E-state index in [4.69, 9.17) is 11.6 Å². The lowest BCUT2D eigenvalue weighted by atomic mass is 10.3. The van der Waals surface area contributed by atoms with Crippen molar-refractivity contribution in [3.8, 4) is 0 Å². The van der Waals surface area contributed by atoms with Crippen molar-refractivity contribution in [2.75, 3.05) is 5.32 Å². The summed E-state index contributed by atoms with van der Waals surface area (Å²) in [6.45, 7) is 0. The van der Waals surface area contributed by atoms with E-state index in [0.717, 1.165) is 4.88 Å². The minimum Gasteiger partial charge on any atom is -0.309 e. The molecule has 2 aromatic heterocycles. The third kappa shape index (κ3) is 3.01. The van der Waals surface area contributed by atoms with Gasteiger partial charge in [-0.05, 0) is 23.6 Å². The Bertz CT molecular complexity index is 469. The van der Waals surface area contributed by atoms with Gasteiger partial charge in [0.05, 0.1) is 6.42 Å². The smallest absolute Gasteiger partial charge is 0.230 e. The van der Waals surface area contributed by atoms with E-state index in [1.165, 1.54) is 0 Å². The molecule has 6 heteroatoms. The Morgan fingerprint density at radius 1 is 1.38 bits per heavy atom. The van der Waals surface area contributed by atoms with Crippen LogP contribution in [0.25, 0.3) is 0 Å². The van der Waals surface area contributed by atoms with Gasteiger partial charge in [0, 0.05) is 4.88 Å². The number of hydrogen-bond donors (Lipinski definition) is 1. The number of carbonyl (C=O) groups excluding carboxylic acids is 1. The summed E-state index contributed by atoms with van der Waals surface area (Å²) in [6.07, 6.45) is 0.349. The zero-order valence-electron chi connectivity index (χ0n) is 8.18. The third-order valence-electron chi connectivity index (χ3n) is 1.81. The summed E-state index contributed by atoms with van der Waals surface area (Å²) in [4.78, 5) is 12.6. The van der Waals surface area contributed by atoms with Gasteiger partial charge < -0.3 is 5.32 Å². The van der Waals surface area contributed by atoms with E-state index < -0.39 is 0 Å². The minimum atomic E-state index is -0.112. The van der Waals surface area contributed by atoms with E-state index in [9.17, 15) is 4.79 Å². The van der Waals surface area contributed by atoms with Crippen LogP contribution in [-0.2, 0) is 11.2 Å². The molecule has 1 amide bonds. The Balaban J connectivity index is 1.95. The summed E-state index contributed by atoms with van der Waals surface area (Å²) in [5.41, 5.74) is 0. The van der Waals surface area contributed by atoms with Crippen LogP contribution in [0.2, 0.25) is 5.15 Å². The van der Waals surface area contributed by atoms with Crippen LogP contribution in [0.4, 0.5) is 5.82 Å². The molecule has 0 saturated carbocycles. The zero-order valence-corrected chi connectivity index (χ0v) is 9.76. The van der Waals surface area contributed by atoms with Crippen molar-refractivity contribution in [2.24, 2.45) is 0 Å². The van der Waals surface area contributed by atoms with Crippen molar-refractivity contribution in [1.82, 2.24) is 10.2 Å². The van der Waals surface area contributed by atoms with E-state index in [1.807, 2.05) is 17.5 Å². The van der Waals surface area contributed by atoms with Crippen molar-refractivity contribution in [2.45, 2.75) is 6.42 Å². The monoisotopic (exact) mass is 253 g/mol. The lowest BCUT2D eigenvalue weighted by molar-refractivity contribution is -0.115. The molecule has 82 valence electrons. The number of rotatable bonds is 3. The third-order valence-corrected chi connectivity index (χ3v) is 2.89. The van der Waals surface area contributed by atoms with Gasteiger partial charge in [-0.3, -0.25) is 4.79 Å². The molecule has 16 heavy (non-hydrogen) atoms. The molecular weight excluding hydrogens is 246 g/mol. The molecular formula is C10H8ClN3OS. The van der Waals surface area contributed by atoms with Crippen LogP contribution in [-0.4, -0.2) is 16.1 Å². The van der Waals surface area contributed by atoms with Crippen LogP contribution in [0.5, 0.6) is 0 Å². The van der Waals surface area contributed by atoms with Crippen LogP contribution in [0.1, 0.15) is 4.88 Å². The quantitative estimate of drug-likeness (QED) is 0.914. The maximum absolute atomic E-state index is 11.6. The van der Waals surface area contributed by atoms with Crippen molar-refractivity contribution in [3.05, 3.63) is 39.7 Å². The Labute approximate surface area is 101 Å². The second kappa shape index (κ2) is 5.05. The van der Waals surface area contributed by atoms with Crippen LogP contribution in [0, 0.1) is 0 Å². The number of halogens is 1. The molecule has 0 bridgehead atoms. The van der Waals surface area contributed by atoms with Crippen LogP contribution in [0.3, 0.4) is 0 Å². The zero-order chi connectivity index (χ0) is 11.4. The Kier molecular flexibility index (Phi) is 3.48. The number of nitrogens with one attached hydrogen (secondary N) is 1. The van der Waals surface area contributed by atoms with Crippen LogP contribution < -0.4 is 5.32 Å². The molecule has 4 nitrogen and oxygen atoms in total. The van der Waals surface area contributed by atoms with E-state index in [-0.39, 0.29) is 5.91 Å². The molecule has 0 fully saturated rings. The highest BCUT2D eigenvalue weighted by Gasteiger charge is 2.05. The molecule has 0 aromatic carbocycles. The van der Waals surface area contributed by atoms with Gasteiger partial charge >= 0.3 is 0 Å². The predicted molar refractivity (Wildman–Crippen MR) is 63.7 cm³/mol. The minimum absolute atomic E-state index is 0.112. The molecule has 1 N–H and O–H groups in total. The molecule has 0 aliphatic heterocycles. The summed E-state index contributed by atoms with van der Waals surface area (Å²) in [6, 6.07) is 7.02. The Morgan fingerprint density at radius 3 is 2.88 bits per heavy atom. The normalized spacial score (nSPS) is 10.1. The average Bonchev–Trinajstić information content (AvgIpc) is 2.74. The van der Waals surface area contributed by atoms with E-state index in [0.29, 0.717) is 17.4 Å². The van der Waals surface area contributed by atoms with E-state index in [1.54, 1.807) is 23.5 Å². The first-order valence-corrected chi connectivity index (χ1v) is 5.81. The molecule has 0 radical (unpaired) electrons. The highest BCUT2D eigenvalue weighted by molar-refractivity contribution is 7.10. The summed E-state index contributed by atoms with van der Waals surface area (Å²) >= 11 is 7.12. The lowest BCUT2D eigenvalue weighted by Crippen LogP contribution is -2.14. The molecule has 2 heterocycles. The molecule has 0 aliphatic carbocycles. The van der Waals surface area contributed by atoms with Gasteiger partial charge in [0.2, 0.25) is 5.91 Å². The average molecular weight is 254 g/mol. The molecule has 0 saturated heterocycles. The van der Waals surface area contributed by atoms with Crippen molar-refractivity contribution in [1.29, 1.82) is 0 Å². The molecule has 0 atom stereocenters. The van der Waals surface area contributed by atoms with Gasteiger partial charge in [-0.25, -0.2) is 0 Å². The summed E-state index contributed by atoms with van der Waals surface area (Å²) in [7, 11) is 0. The first-order valence-electron chi connectivity index (χ1n) is 4.55. The standard InChI is InChI=1S/C10H8ClN3OS/c11-8-3-4-9(14-13-8)12-10(15)6-7-2-1-5-16-7/h1-5H,6H2,(H,12,14,15). The topological polar surface area (TPSA) is 54.9 Å². The van der Waals surface area contributed by atoms with Gasteiger partial charge in [-0.2, -0.15) is 0 Å². The fraction of sp³-hybridized carbons (Fsp3) is 0.100. The number of thiophene rings is 1. The highest BCUT2D eigenvalue weighted by Crippen LogP contribution is 2.11. The molecule has 2 rings (SSSR count). The molecule has 2 aromatic rings. The number of carbonyl (C=O) groups is 1. The highest BCUT2D eigenvalue weighted by atomic mass is 35.5. The van der Waals surface area contributed by atoms with E-state index in [2.05, 4.69) is 15.5 Å². The maximum Gasteiger partial charge on any atom is 0.230 e. The van der Waals surface area contributed by atoms with Crippen molar-refractivity contribution < 1.29 is 4.79 Å². The number of hydrogen-bond acceptors (Lipinski definition) is 4. The van der Waals surface area contributed by atoms with Gasteiger partial charge in [-0.15, -0.1) is 21.5 Å². The van der Waals surface area contributed by atoms with Gasteiger partial charge in [0.25, 0.3) is 0 Å². The largest absolute Gasteiger partial charge is 0.309 e. The van der Waals surface area contributed by atoms with Gasteiger partial charge in [0.1, 0.15) is 0 Å². The lowest BCUT2D eigenvalue weighted by Gasteiger charge is -2.01. The van der Waals surface area contributed by atoms with Crippen molar-refractivity contribution in [3.63, 3.8) is 0 Å². The van der Waals surface area contributed by atoms with Gasteiger partial charge in [-0.1, -0.05) is 17.7 Å². The Morgan fingerprint density at radius 2 is 2.25 bits per heavy atom. The first-order chi connectivity index (χ1) is 7.74. The van der Waals surface area contributed by atoms with E-state index >= 15 is 0 Å². The second-order valence-electron chi connectivity index (χ2n) is 3.05. The fourth-order valence-electron chi connectivity index (χ4n) is 1.14. The number of aromatic nitrogens is 2. The molecule has 0 aliphatic rings. The maximum atomic E-state index is 11.6. The molecule has 0 unspecified atom stereocenters. The summed E-state index contributed by atoms with van der Waals surface area (Å²) in [5, 5.41) is 12.2. The Hall–Kier alpha value is -1.46. The number of amides is 1.